The monoisotopic (exact) mass is 623 g/mol. The molecule has 0 bridgehead atoms. The van der Waals surface area contributed by atoms with E-state index < -0.39 is 47.3 Å². The fraction of sp³-hybridized carbons (Fsp3) is 0.233. The van der Waals surface area contributed by atoms with E-state index in [1.807, 2.05) is 0 Å². The number of rotatable bonds is 6. The molecule has 0 aromatic heterocycles. The van der Waals surface area contributed by atoms with Crippen molar-refractivity contribution in [2.75, 3.05) is 20.2 Å². The Kier molecular flexibility index (Phi) is 9.19. The van der Waals surface area contributed by atoms with E-state index in [4.69, 9.17) is 22.1 Å². The summed E-state index contributed by atoms with van der Waals surface area (Å²) in [6.07, 6.45) is -8.68. The smallest absolute Gasteiger partial charge is 0.430 e. The maximum atomic E-state index is 13.4. The summed E-state index contributed by atoms with van der Waals surface area (Å²) in [5.41, 5.74) is 3.86. The lowest BCUT2D eigenvalue weighted by atomic mass is 9.88. The lowest BCUT2D eigenvalue weighted by Gasteiger charge is -2.18. The summed E-state index contributed by atoms with van der Waals surface area (Å²) < 4.78 is 83.6. The molecule has 1 aliphatic rings. The van der Waals surface area contributed by atoms with Gasteiger partial charge in [0.05, 0.1) is 35.0 Å². The van der Waals surface area contributed by atoms with Crippen molar-refractivity contribution in [3.63, 3.8) is 0 Å². The number of benzene rings is 3. The first-order chi connectivity index (χ1) is 20.2. The molecule has 0 aliphatic carbocycles. The molecule has 1 fully saturated rings. The Bertz CT molecular complexity index is 1550. The van der Waals surface area contributed by atoms with E-state index in [1.54, 1.807) is 12.1 Å². The summed E-state index contributed by atoms with van der Waals surface area (Å²) in [5, 5.41) is 0.197. The number of carbonyl (C=O) groups is 2. The number of ether oxygens (including phenoxy) is 1. The Balaban J connectivity index is 1.61. The third-order valence-electron chi connectivity index (χ3n) is 6.92. The van der Waals surface area contributed by atoms with Crippen LogP contribution in [0.25, 0.3) is 0 Å². The lowest BCUT2D eigenvalue weighted by Crippen LogP contribution is -2.30. The molecule has 0 spiro atoms. The minimum Gasteiger partial charge on any atom is -0.469 e. The largest absolute Gasteiger partial charge is 0.469 e. The second-order valence-corrected chi connectivity index (χ2v) is 10.1. The van der Waals surface area contributed by atoms with Crippen LogP contribution in [0.4, 0.5) is 32.0 Å². The van der Waals surface area contributed by atoms with Gasteiger partial charge in [0.15, 0.2) is 0 Å². The average Bonchev–Trinajstić information content (AvgIpc) is 3.42. The number of esters is 1. The van der Waals surface area contributed by atoms with Gasteiger partial charge in [0.1, 0.15) is 5.70 Å². The average molecular weight is 624 g/mol. The fourth-order valence-corrected chi connectivity index (χ4v) is 4.84. The lowest BCUT2D eigenvalue weighted by molar-refractivity contribution is -0.145. The van der Waals surface area contributed by atoms with Crippen LogP contribution in [0.15, 0.2) is 89.6 Å². The zero-order valence-electron chi connectivity index (χ0n) is 22.4. The highest BCUT2D eigenvalue weighted by molar-refractivity contribution is 6.33. The van der Waals surface area contributed by atoms with Gasteiger partial charge in [-0.25, -0.2) is 4.99 Å². The fourth-order valence-electron chi connectivity index (χ4n) is 4.66. The summed E-state index contributed by atoms with van der Waals surface area (Å²) >= 11 is 6.14. The molecular formula is C30H24ClF6N3O3. The Labute approximate surface area is 247 Å². The van der Waals surface area contributed by atoms with E-state index in [0.29, 0.717) is 11.6 Å². The Morgan fingerprint density at radius 2 is 1.53 bits per heavy atom. The molecule has 6 nitrogen and oxygen atoms in total. The summed E-state index contributed by atoms with van der Waals surface area (Å²) in [6.45, 7) is -0.0290. The minimum atomic E-state index is -4.81. The van der Waals surface area contributed by atoms with Gasteiger partial charge in [-0.05, 0) is 48.0 Å². The van der Waals surface area contributed by atoms with E-state index in [1.165, 1.54) is 60.5 Å². The quantitative estimate of drug-likeness (QED) is 0.184. The van der Waals surface area contributed by atoms with Gasteiger partial charge in [-0.2, -0.15) is 26.3 Å². The molecule has 13 heteroatoms. The SMILES string of the molecule is COC(=O)[C@@H]1CN(C(=O)c2ccc(C(C=C(N)C(F)(F)F)=Nc3ccccc3Cl)cc2)C[C@H]1c1ccc(C(F)(F)F)cc1. The highest BCUT2D eigenvalue weighted by atomic mass is 35.5. The van der Waals surface area contributed by atoms with Crippen molar-refractivity contribution in [2.24, 2.45) is 16.6 Å². The summed E-state index contributed by atoms with van der Waals surface area (Å²) in [4.78, 5) is 31.5. The Morgan fingerprint density at radius 3 is 2.09 bits per heavy atom. The third kappa shape index (κ3) is 7.37. The van der Waals surface area contributed by atoms with Crippen LogP contribution in [-0.4, -0.2) is 48.9 Å². The number of halogens is 7. The van der Waals surface area contributed by atoms with Crippen LogP contribution >= 0.6 is 11.6 Å². The van der Waals surface area contributed by atoms with Crippen molar-refractivity contribution in [1.82, 2.24) is 4.90 Å². The first-order valence-corrected chi connectivity index (χ1v) is 13.1. The molecule has 226 valence electrons. The number of amides is 1. The molecular weight excluding hydrogens is 600 g/mol. The maximum Gasteiger partial charge on any atom is 0.430 e. The van der Waals surface area contributed by atoms with Crippen LogP contribution in [0.2, 0.25) is 5.02 Å². The number of allylic oxidation sites excluding steroid dienone is 2. The number of methoxy groups -OCH3 is 1. The van der Waals surface area contributed by atoms with Crippen molar-refractivity contribution in [3.8, 4) is 0 Å². The molecule has 2 atom stereocenters. The van der Waals surface area contributed by atoms with E-state index in [-0.39, 0.29) is 40.6 Å². The van der Waals surface area contributed by atoms with E-state index in [2.05, 4.69) is 4.99 Å². The summed E-state index contributed by atoms with van der Waals surface area (Å²) in [6, 6.07) is 16.2. The number of aliphatic imine (C=N–C) groups is 1. The van der Waals surface area contributed by atoms with Crippen LogP contribution in [0.1, 0.15) is 33.0 Å². The van der Waals surface area contributed by atoms with Crippen LogP contribution in [-0.2, 0) is 15.7 Å². The van der Waals surface area contributed by atoms with Gasteiger partial charge in [0.25, 0.3) is 5.91 Å². The minimum absolute atomic E-state index is 0.0236. The zero-order chi connectivity index (χ0) is 31.5. The number of alkyl halides is 6. The predicted molar refractivity (Wildman–Crippen MR) is 148 cm³/mol. The number of nitrogens with two attached hydrogens (primary N) is 1. The normalized spacial score (nSPS) is 18.1. The zero-order valence-corrected chi connectivity index (χ0v) is 23.2. The molecule has 1 saturated heterocycles. The van der Waals surface area contributed by atoms with Gasteiger partial charge >= 0.3 is 18.3 Å². The van der Waals surface area contributed by atoms with Crippen molar-refractivity contribution >= 4 is 34.9 Å². The van der Waals surface area contributed by atoms with Crippen LogP contribution < -0.4 is 5.73 Å². The van der Waals surface area contributed by atoms with Gasteiger partial charge in [0, 0.05) is 30.1 Å². The van der Waals surface area contributed by atoms with Gasteiger partial charge in [-0.15, -0.1) is 0 Å². The predicted octanol–water partition coefficient (Wildman–Crippen LogP) is 6.91. The summed E-state index contributed by atoms with van der Waals surface area (Å²) in [5.74, 6) is -2.56. The van der Waals surface area contributed by atoms with Crippen LogP contribution in [0, 0.1) is 5.92 Å². The number of para-hydroxylation sites is 1. The molecule has 0 radical (unpaired) electrons. The molecule has 0 saturated carbocycles. The molecule has 0 unspecified atom stereocenters. The maximum absolute atomic E-state index is 13.4. The number of hydrogen-bond donors (Lipinski definition) is 1. The van der Waals surface area contributed by atoms with Crippen molar-refractivity contribution in [2.45, 2.75) is 18.3 Å². The van der Waals surface area contributed by atoms with E-state index in [9.17, 15) is 35.9 Å². The molecule has 3 aromatic carbocycles. The van der Waals surface area contributed by atoms with Crippen LogP contribution in [0.3, 0.4) is 0 Å². The van der Waals surface area contributed by atoms with Crippen molar-refractivity contribution in [1.29, 1.82) is 0 Å². The summed E-state index contributed by atoms with van der Waals surface area (Å²) in [7, 11) is 1.18. The molecule has 2 N–H and O–H groups in total. The molecule has 1 amide bonds. The second kappa shape index (κ2) is 12.5. The standard InChI is InChI=1S/C30H24ClF6N3O3/c1-43-28(42)22-16-40(15-21(22)17-10-12-20(13-11-17)29(32,33)34)27(41)19-8-6-18(7-9-19)25(14-26(38)30(35,36)37)39-24-5-3-2-4-23(24)31/h2-14,21-22H,15-16,38H2,1H3/t21-,22+/m0/s1. The first kappa shape index (κ1) is 31.6. The molecule has 1 heterocycles. The van der Waals surface area contributed by atoms with Crippen molar-refractivity contribution in [3.05, 3.63) is 112 Å². The van der Waals surface area contributed by atoms with Gasteiger partial charge in [-0.3, -0.25) is 9.59 Å². The molecule has 43 heavy (non-hydrogen) atoms. The van der Waals surface area contributed by atoms with Gasteiger partial charge in [-0.1, -0.05) is 48.0 Å². The third-order valence-corrected chi connectivity index (χ3v) is 7.24. The first-order valence-electron chi connectivity index (χ1n) is 12.7. The molecule has 3 aromatic rings. The highest BCUT2D eigenvalue weighted by Gasteiger charge is 2.42. The highest BCUT2D eigenvalue weighted by Crippen LogP contribution is 2.37. The van der Waals surface area contributed by atoms with Gasteiger partial charge < -0.3 is 15.4 Å². The molecule has 4 rings (SSSR count). The van der Waals surface area contributed by atoms with Crippen LogP contribution in [0.5, 0.6) is 0 Å². The van der Waals surface area contributed by atoms with E-state index in [0.717, 1.165) is 12.1 Å². The Morgan fingerprint density at radius 1 is 0.930 bits per heavy atom. The second-order valence-electron chi connectivity index (χ2n) is 9.69. The number of carbonyl (C=O) groups excluding carboxylic acids is 2. The number of likely N-dealkylation sites (tertiary alicyclic amines) is 1. The number of nitrogens with zero attached hydrogens (tertiary/aromatic N) is 2. The Hall–Kier alpha value is -4.32. The van der Waals surface area contributed by atoms with Crippen molar-refractivity contribution < 1.29 is 40.7 Å². The topological polar surface area (TPSA) is 85.0 Å². The number of hydrogen-bond acceptors (Lipinski definition) is 5. The van der Waals surface area contributed by atoms with E-state index >= 15 is 0 Å². The van der Waals surface area contributed by atoms with Gasteiger partial charge in [0.2, 0.25) is 0 Å². The molecule has 1 aliphatic heterocycles.